The number of nitrogens with zero attached hydrogens (tertiary/aromatic N) is 2. The Morgan fingerprint density at radius 3 is 2.71 bits per heavy atom. The van der Waals surface area contributed by atoms with Gasteiger partial charge >= 0.3 is 0 Å². The molecule has 0 aliphatic rings. The molecule has 106 valence electrons. The van der Waals surface area contributed by atoms with E-state index in [1.165, 1.54) is 0 Å². The molecule has 5 heteroatoms. The fourth-order valence-electron chi connectivity index (χ4n) is 2.07. The van der Waals surface area contributed by atoms with Gasteiger partial charge in [-0.15, -0.1) is 0 Å². The fourth-order valence-corrected chi connectivity index (χ4v) is 2.07. The number of para-hydroxylation sites is 1. The molecule has 1 aromatic heterocycles. The van der Waals surface area contributed by atoms with E-state index in [1.54, 1.807) is 25.3 Å². The second-order valence-electron chi connectivity index (χ2n) is 4.62. The SMILES string of the molecule is COc1ccccc1-c1noc(-c2ccc(O)c(C)c2)n1. The predicted octanol–water partition coefficient (Wildman–Crippen LogP) is 3.43. The number of rotatable bonds is 3. The van der Waals surface area contributed by atoms with Crippen LogP contribution < -0.4 is 4.74 Å². The molecule has 21 heavy (non-hydrogen) atoms. The number of phenolic OH excluding ortho intramolecular Hbond substituents is 1. The summed E-state index contributed by atoms with van der Waals surface area (Å²) in [6.45, 7) is 1.82. The largest absolute Gasteiger partial charge is 0.508 e. The first-order valence-corrected chi connectivity index (χ1v) is 6.46. The Morgan fingerprint density at radius 2 is 1.95 bits per heavy atom. The Balaban J connectivity index is 2.01. The maximum atomic E-state index is 9.56. The maximum Gasteiger partial charge on any atom is 0.258 e. The minimum atomic E-state index is 0.239. The molecule has 0 radical (unpaired) electrons. The van der Waals surface area contributed by atoms with Crippen LogP contribution >= 0.6 is 0 Å². The third-order valence-corrected chi connectivity index (χ3v) is 3.22. The lowest BCUT2D eigenvalue weighted by molar-refractivity contribution is 0.413. The van der Waals surface area contributed by atoms with E-state index in [-0.39, 0.29) is 5.75 Å². The average Bonchev–Trinajstić information content (AvgIpc) is 2.99. The van der Waals surface area contributed by atoms with Gasteiger partial charge in [0.25, 0.3) is 5.89 Å². The minimum absolute atomic E-state index is 0.239. The number of aromatic hydroxyl groups is 1. The Labute approximate surface area is 121 Å². The summed E-state index contributed by atoms with van der Waals surface area (Å²) in [6.07, 6.45) is 0. The van der Waals surface area contributed by atoms with E-state index in [0.717, 1.165) is 16.7 Å². The summed E-state index contributed by atoms with van der Waals surface area (Å²) in [5, 5.41) is 13.6. The van der Waals surface area contributed by atoms with Gasteiger partial charge in [0.05, 0.1) is 12.7 Å². The lowest BCUT2D eigenvalue weighted by Crippen LogP contribution is -1.88. The molecule has 0 saturated heterocycles. The number of aryl methyl sites for hydroxylation is 1. The zero-order valence-corrected chi connectivity index (χ0v) is 11.7. The molecule has 0 bridgehead atoms. The molecule has 0 spiro atoms. The summed E-state index contributed by atoms with van der Waals surface area (Å²) < 4.78 is 10.6. The van der Waals surface area contributed by atoms with Crippen molar-refractivity contribution in [2.24, 2.45) is 0 Å². The Morgan fingerprint density at radius 1 is 1.14 bits per heavy atom. The van der Waals surface area contributed by atoms with Gasteiger partial charge in [0.2, 0.25) is 5.82 Å². The normalized spacial score (nSPS) is 10.6. The summed E-state index contributed by atoms with van der Waals surface area (Å²) in [5.74, 6) is 1.79. The van der Waals surface area contributed by atoms with E-state index in [1.807, 2.05) is 31.2 Å². The highest BCUT2D eigenvalue weighted by Gasteiger charge is 2.14. The first kappa shape index (κ1) is 13.2. The Kier molecular flexibility index (Phi) is 3.31. The van der Waals surface area contributed by atoms with Crippen LogP contribution in [0.2, 0.25) is 0 Å². The summed E-state index contributed by atoms with van der Waals surface area (Å²) >= 11 is 0. The van der Waals surface area contributed by atoms with Crippen LogP contribution in [-0.4, -0.2) is 22.4 Å². The zero-order valence-electron chi connectivity index (χ0n) is 11.7. The number of methoxy groups -OCH3 is 1. The summed E-state index contributed by atoms with van der Waals surface area (Å²) in [7, 11) is 1.60. The lowest BCUT2D eigenvalue weighted by Gasteiger charge is -2.03. The maximum absolute atomic E-state index is 9.56. The Bertz CT molecular complexity index is 781. The predicted molar refractivity (Wildman–Crippen MR) is 78.1 cm³/mol. The number of hydrogen-bond acceptors (Lipinski definition) is 5. The van der Waals surface area contributed by atoms with Crippen molar-refractivity contribution in [2.45, 2.75) is 6.92 Å². The zero-order chi connectivity index (χ0) is 14.8. The van der Waals surface area contributed by atoms with Crippen LogP contribution in [0.15, 0.2) is 47.0 Å². The molecule has 1 N–H and O–H groups in total. The standard InChI is InChI=1S/C16H14N2O3/c1-10-9-11(7-8-13(10)19)16-17-15(18-21-16)12-5-3-4-6-14(12)20-2/h3-9,19H,1-2H3. The second-order valence-corrected chi connectivity index (χ2v) is 4.62. The number of ether oxygens (including phenoxy) is 1. The molecule has 0 atom stereocenters. The smallest absolute Gasteiger partial charge is 0.258 e. The number of phenols is 1. The molecule has 0 fully saturated rings. The molecular weight excluding hydrogens is 268 g/mol. The van der Waals surface area contributed by atoms with Gasteiger partial charge in [0.1, 0.15) is 11.5 Å². The summed E-state index contributed by atoms with van der Waals surface area (Å²) in [6, 6.07) is 12.6. The first-order chi connectivity index (χ1) is 10.2. The highest BCUT2D eigenvalue weighted by Crippen LogP contribution is 2.30. The third kappa shape index (κ3) is 2.45. The van der Waals surface area contributed by atoms with Crippen LogP contribution in [0.1, 0.15) is 5.56 Å². The first-order valence-electron chi connectivity index (χ1n) is 6.46. The molecule has 0 aliphatic carbocycles. The van der Waals surface area contributed by atoms with E-state index in [2.05, 4.69) is 10.1 Å². The van der Waals surface area contributed by atoms with Crippen molar-refractivity contribution in [1.82, 2.24) is 10.1 Å². The number of benzene rings is 2. The summed E-state index contributed by atoms with van der Waals surface area (Å²) in [4.78, 5) is 4.39. The molecule has 2 aromatic carbocycles. The number of hydrogen-bond donors (Lipinski definition) is 1. The molecule has 0 aliphatic heterocycles. The molecule has 1 heterocycles. The van der Waals surface area contributed by atoms with E-state index < -0.39 is 0 Å². The van der Waals surface area contributed by atoms with Crippen molar-refractivity contribution < 1.29 is 14.4 Å². The second kappa shape index (κ2) is 5.28. The average molecular weight is 282 g/mol. The quantitative estimate of drug-likeness (QED) is 0.797. The van der Waals surface area contributed by atoms with Gasteiger partial charge in [-0.1, -0.05) is 17.3 Å². The highest BCUT2D eigenvalue weighted by molar-refractivity contribution is 5.66. The van der Waals surface area contributed by atoms with Crippen molar-refractivity contribution in [1.29, 1.82) is 0 Å². The van der Waals surface area contributed by atoms with Gasteiger partial charge < -0.3 is 14.4 Å². The van der Waals surface area contributed by atoms with E-state index in [4.69, 9.17) is 9.26 Å². The van der Waals surface area contributed by atoms with Crippen molar-refractivity contribution in [3.63, 3.8) is 0 Å². The van der Waals surface area contributed by atoms with Crippen molar-refractivity contribution in [2.75, 3.05) is 7.11 Å². The molecule has 3 aromatic rings. The van der Waals surface area contributed by atoms with Crippen LogP contribution in [0.4, 0.5) is 0 Å². The van der Waals surface area contributed by atoms with E-state index in [0.29, 0.717) is 17.5 Å². The van der Waals surface area contributed by atoms with Crippen molar-refractivity contribution >= 4 is 0 Å². The highest BCUT2D eigenvalue weighted by atomic mass is 16.5. The summed E-state index contributed by atoms with van der Waals surface area (Å²) in [5.41, 5.74) is 2.29. The lowest BCUT2D eigenvalue weighted by atomic mass is 10.1. The molecule has 3 rings (SSSR count). The number of aromatic nitrogens is 2. The Hall–Kier alpha value is -2.82. The van der Waals surface area contributed by atoms with Crippen LogP contribution in [-0.2, 0) is 0 Å². The van der Waals surface area contributed by atoms with Crippen LogP contribution in [0.3, 0.4) is 0 Å². The van der Waals surface area contributed by atoms with E-state index >= 15 is 0 Å². The third-order valence-electron chi connectivity index (χ3n) is 3.22. The van der Waals surface area contributed by atoms with Crippen LogP contribution in [0.5, 0.6) is 11.5 Å². The minimum Gasteiger partial charge on any atom is -0.508 e. The van der Waals surface area contributed by atoms with E-state index in [9.17, 15) is 5.11 Å². The molecular formula is C16H14N2O3. The van der Waals surface area contributed by atoms with Gasteiger partial charge in [0.15, 0.2) is 0 Å². The molecule has 5 nitrogen and oxygen atoms in total. The fraction of sp³-hybridized carbons (Fsp3) is 0.125. The van der Waals surface area contributed by atoms with Crippen molar-refractivity contribution in [3.8, 4) is 34.3 Å². The van der Waals surface area contributed by atoms with Gasteiger partial charge in [0, 0.05) is 5.56 Å². The van der Waals surface area contributed by atoms with Crippen molar-refractivity contribution in [3.05, 3.63) is 48.0 Å². The van der Waals surface area contributed by atoms with Gasteiger partial charge in [-0.25, -0.2) is 0 Å². The monoisotopic (exact) mass is 282 g/mol. The van der Waals surface area contributed by atoms with Gasteiger partial charge in [-0.3, -0.25) is 0 Å². The molecule has 0 amide bonds. The van der Waals surface area contributed by atoms with Gasteiger partial charge in [-0.05, 0) is 42.8 Å². The molecule has 0 saturated carbocycles. The van der Waals surface area contributed by atoms with Crippen LogP contribution in [0.25, 0.3) is 22.8 Å². The van der Waals surface area contributed by atoms with Crippen LogP contribution in [0, 0.1) is 6.92 Å². The van der Waals surface area contributed by atoms with Gasteiger partial charge in [-0.2, -0.15) is 4.98 Å². The molecule has 0 unspecified atom stereocenters. The topological polar surface area (TPSA) is 68.4 Å².